The fourth-order valence-electron chi connectivity index (χ4n) is 0.439. The van der Waals surface area contributed by atoms with Crippen LogP contribution in [0.3, 0.4) is 0 Å². The van der Waals surface area contributed by atoms with E-state index in [1.165, 1.54) is 0 Å². The Kier molecular flexibility index (Phi) is 0.539. The molecule has 1 aliphatic carbocycles. The molecule has 0 spiro atoms. The summed E-state index contributed by atoms with van der Waals surface area (Å²) in [5.41, 5.74) is 0.264. The van der Waals surface area contributed by atoms with Gasteiger partial charge in [0.2, 0.25) is 0 Å². The van der Waals surface area contributed by atoms with Gasteiger partial charge in [-0.3, -0.25) is 0 Å². The number of aliphatic hydroxyl groups is 1. The number of hydrogen-bond donors (Lipinski definition) is 1. The predicted octanol–water partition coefficient (Wildman–Crippen LogP) is 0.777. The highest BCUT2D eigenvalue weighted by atomic mass is 16.3. The van der Waals surface area contributed by atoms with Gasteiger partial charge in [-0.2, -0.15) is 0 Å². The lowest BCUT2D eigenvalue weighted by molar-refractivity contribution is 0.235. The second-order valence-corrected chi connectivity index (χ2v) is 2.71. The molecule has 0 aromatic rings. The average Bonchev–Trinajstić information content (AvgIpc) is 1.73. The van der Waals surface area contributed by atoms with Gasteiger partial charge < -0.3 is 5.11 Å². The average molecular weight is 86.1 g/mol. The minimum absolute atomic E-state index is 0.00231. The maximum atomic E-state index is 8.69. The lowest BCUT2D eigenvalue weighted by Gasteiger charge is -1.90. The van der Waals surface area contributed by atoms with Crippen LogP contribution < -0.4 is 0 Å². The molecule has 1 N–H and O–H groups in total. The summed E-state index contributed by atoms with van der Waals surface area (Å²) in [4.78, 5) is 0. The summed E-state index contributed by atoms with van der Waals surface area (Å²) in [5, 5.41) is 8.69. The molecular formula is C5H10O. The van der Waals surface area contributed by atoms with Crippen LogP contribution in [-0.4, -0.2) is 11.2 Å². The molecule has 0 radical (unpaired) electrons. The van der Waals surface area contributed by atoms with Gasteiger partial charge in [-0.25, -0.2) is 0 Å². The van der Waals surface area contributed by atoms with Crippen LogP contribution in [0.4, 0.5) is 0 Å². The van der Waals surface area contributed by atoms with Crippen LogP contribution in [0.25, 0.3) is 0 Å². The van der Waals surface area contributed by atoms with Crippen molar-refractivity contribution in [2.24, 2.45) is 5.41 Å². The molecule has 1 fully saturated rings. The van der Waals surface area contributed by atoms with E-state index in [-0.39, 0.29) is 11.5 Å². The van der Waals surface area contributed by atoms with Crippen molar-refractivity contribution in [2.75, 3.05) is 0 Å². The highest BCUT2D eigenvalue weighted by Crippen LogP contribution is 2.44. The van der Waals surface area contributed by atoms with Crippen LogP contribution in [0, 0.1) is 5.41 Å². The number of hydrogen-bond acceptors (Lipinski definition) is 1. The van der Waals surface area contributed by atoms with E-state index in [1.54, 1.807) is 0 Å². The van der Waals surface area contributed by atoms with E-state index in [0.717, 1.165) is 6.42 Å². The van der Waals surface area contributed by atoms with Gasteiger partial charge >= 0.3 is 0 Å². The first-order valence-corrected chi connectivity index (χ1v) is 2.31. The summed E-state index contributed by atoms with van der Waals surface area (Å²) in [5.74, 6) is 0. The van der Waals surface area contributed by atoms with Gasteiger partial charge in [-0.05, 0) is 11.8 Å². The fourth-order valence-corrected chi connectivity index (χ4v) is 0.439. The maximum Gasteiger partial charge on any atom is 0.0598 e. The van der Waals surface area contributed by atoms with Gasteiger partial charge in [0.05, 0.1) is 6.10 Å². The molecular weight excluding hydrogens is 76.1 g/mol. The molecule has 0 amide bonds. The monoisotopic (exact) mass is 86.1 g/mol. The van der Waals surface area contributed by atoms with Gasteiger partial charge in [0.1, 0.15) is 0 Å². The van der Waals surface area contributed by atoms with Crippen molar-refractivity contribution in [3.05, 3.63) is 0 Å². The molecule has 1 heteroatoms. The van der Waals surface area contributed by atoms with Crippen molar-refractivity contribution in [3.8, 4) is 0 Å². The maximum absolute atomic E-state index is 8.69. The number of aliphatic hydroxyl groups excluding tert-OH is 1. The van der Waals surface area contributed by atoms with Crippen molar-refractivity contribution in [1.82, 2.24) is 0 Å². The molecule has 0 heterocycles. The van der Waals surface area contributed by atoms with E-state index in [9.17, 15) is 0 Å². The molecule has 1 saturated carbocycles. The summed E-state index contributed by atoms with van der Waals surface area (Å²) in [6.07, 6.45) is 0.991. The SMILES string of the molecule is CC1(C)CC1O. The van der Waals surface area contributed by atoms with Crippen LogP contribution in [-0.2, 0) is 0 Å². The molecule has 0 saturated heterocycles. The molecule has 1 nitrogen and oxygen atoms in total. The number of rotatable bonds is 0. The van der Waals surface area contributed by atoms with Gasteiger partial charge in [0.25, 0.3) is 0 Å². The van der Waals surface area contributed by atoms with Crippen LogP contribution >= 0.6 is 0 Å². The second kappa shape index (κ2) is 0.784. The molecule has 1 rings (SSSR count). The molecule has 1 aliphatic rings. The van der Waals surface area contributed by atoms with Gasteiger partial charge in [0, 0.05) is 0 Å². The van der Waals surface area contributed by atoms with E-state index in [4.69, 9.17) is 5.11 Å². The van der Waals surface area contributed by atoms with Gasteiger partial charge in [-0.15, -0.1) is 0 Å². The van der Waals surface area contributed by atoms with Crippen molar-refractivity contribution in [2.45, 2.75) is 26.4 Å². The quantitative estimate of drug-likeness (QED) is 0.462. The van der Waals surface area contributed by atoms with Crippen molar-refractivity contribution in [3.63, 3.8) is 0 Å². The molecule has 0 aromatic carbocycles. The molecule has 36 valence electrons. The Labute approximate surface area is 38.0 Å². The first-order chi connectivity index (χ1) is 2.63. The summed E-state index contributed by atoms with van der Waals surface area (Å²) in [6, 6.07) is 0. The van der Waals surface area contributed by atoms with E-state index >= 15 is 0 Å². The summed E-state index contributed by atoms with van der Waals surface area (Å²) >= 11 is 0. The summed E-state index contributed by atoms with van der Waals surface area (Å²) < 4.78 is 0. The molecule has 6 heavy (non-hydrogen) atoms. The summed E-state index contributed by atoms with van der Waals surface area (Å²) in [6.45, 7) is 4.13. The van der Waals surface area contributed by atoms with Crippen LogP contribution in [0.2, 0.25) is 0 Å². The standard InChI is InChI=1S/C5H10O/c1-5(2)3-4(5)6/h4,6H,3H2,1-2H3. The smallest absolute Gasteiger partial charge is 0.0598 e. The molecule has 0 bridgehead atoms. The molecule has 1 atom stereocenters. The lowest BCUT2D eigenvalue weighted by atomic mass is 10.2. The minimum atomic E-state index is -0.00231. The molecule has 1 unspecified atom stereocenters. The largest absolute Gasteiger partial charge is 0.393 e. The Morgan fingerprint density at radius 1 is 1.67 bits per heavy atom. The van der Waals surface area contributed by atoms with Crippen LogP contribution in [0.15, 0.2) is 0 Å². The van der Waals surface area contributed by atoms with Crippen LogP contribution in [0.5, 0.6) is 0 Å². The first-order valence-electron chi connectivity index (χ1n) is 2.31. The summed E-state index contributed by atoms with van der Waals surface area (Å²) in [7, 11) is 0. The van der Waals surface area contributed by atoms with E-state index in [2.05, 4.69) is 13.8 Å². The van der Waals surface area contributed by atoms with E-state index in [1.807, 2.05) is 0 Å². The van der Waals surface area contributed by atoms with Crippen molar-refractivity contribution >= 4 is 0 Å². The van der Waals surface area contributed by atoms with Gasteiger partial charge in [0.15, 0.2) is 0 Å². The zero-order chi connectivity index (χ0) is 4.78. The highest BCUT2D eigenvalue weighted by molar-refractivity contribution is 4.94. The zero-order valence-corrected chi connectivity index (χ0v) is 4.23. The lowest BCUT2D eigenvalue weighted by Crippen LogP contribution is -1.90. The first kappa shape index (κ1) is 4.13. The second-order valence-electron chi connectivity index (χ2n) is 2.71. The van der Waals surface area contributed by atoms with Crippen molar-refractivity contribution in [1.29, 1.82) is 0 Å². The van der Waals surface area contributed by atoms with Crippen molar-refractivity contribution < 1.29 is 5.11 Å². The topological polar surface area (TPSA) is 20.2 Å². The molecule has 0 aromatic heterocycles. The predicted molar refractivity (Wildman–Crippen MR) is 24.4 cm³/mol. The normalized spacial score (nSPS) is 39.5. The van der Waals surface area contributed by atoms with E-state index < -0.39 is 0 Å². The Bertz CT molecular complexity index is 66.3. The minimum Gasteiger partial charge on any atom is -0.393 e. The zero-order valence-electron chi connectivity index (χ0n) is 4.23. The highest BCUT2D eigenvalue weighted by Gasteiger charge is 2.44. The Hall–Kier alpha value is -0.0400. The third-order valence-electron chi connectivity index (χ3n) is 1.46. The van der Waals surface area contributed by atoms with Gasteiger partial charge in [-0.1, -0.05) is 13.8 Å². The third-order valence-corrected chi connectivity index (χ3v) is 1.46. The Balaban J connectivity index is 2.41. The third kappa shape index (κ3) is 0.432. The van der Waals surface area contributed by atoms with E-state index in [0.29, 0.717) is 0 Å². The molecule has 0 aliphatic heterocycles. The van der Waals surface area contributed by atoms with Crippen LogP contribution in [0.1, 0.15) is 20.3 Å². The Morgan fingerprint density at radius 3 is 1.83 bits per heavy atom. The Morgan fingerprint density at radius 2 is 1.83 bits per heavy atom. The fraction of sp³-hybridized carbons (Fsp3) is 1.00.